The van der Waals surface area contributed by atoms with E-state index >= 15 is 0 Å². The Morgan fingerprint density at radius 2 is 2.09 bits per heavy atom. The van der Waals surface area contributed by atoms with Crippen molar-refractivity contribution in [3.63, 3.8) is 0 Å². The molecule has 0 spiro atoms. The molecular formula is C20H29NO. The maximum Gasteiger partial charge on any atom is 0.207 e. The number of carbonyl (C=O) groups excluding carboxylic acids is 1. The second-order valence-electron chi connectivity index (χ2n) is 6.68. The van der Waals surface area contributed by atoms with E-state index < -0.39 is 0 Å². The van der Waals surface area contributed by atoms with Crippen LogP contribution in [0.1, 0.15) is 56.7 Å². The van der Waals surface area contributed by atoms with Gasteiger partial charge in [0.25, 0.3) is 0 Å². The van der Waals surface area contributed by atoms with E-state index in [4.69, 9.17) is 0 Å². The first kappa shape index (κ1) is 16.8. The van der Waals surface area contributed by atoms with Gasteiger partial charge in [0.05, 0.1) is 0 Å². The molecule has 0 aromatic heterocycles. The normalized spacial score (nSPS) is 14.6. The third kappa shape index (κ3) is 4.22. The molecule has 0 aliphatic heterocycles. The Balaban J connectivity index is 1.93. The van der Waals surface area contributed by atoms with E-state index in [0.29, 0.717) is 11.8 Å². The summed E-state index contributed by atoms with van der Waals surface area (Å²) in [5.74, 6) is 1.34. The minimum atomic E-state index is 0.664. The monoisotopic (exact) mass is 299 g/mol. The summed E-state index contributed by atoms with van der Waals surface area (Å²) >= 11 is 0. The lowest BCUT2D eigenvalue weighted by Crippen LogP contribution is -2.19. The van der Waals surface area contributed by atoms with Crippen LogP contribution in [0.3, 0.4) is 0 Å². The molecule has 22 heavy (non-hydrogen) atoms. The van der Waals surface area contributed by atoms with Gasteiger partial charge in [-0.05, 0) is 66.2 Å². The first-order chi connectivity index (χ1) is 10.7. The van der Waals surface area contributed by atoms with Gasteiger partial charge in [0.1, 0.15) is 0 Å². The molecule has 1 amide bonds. The predicted molar refractivity (Wildman–Crippen MR) is 93.7 cm³/mol. The van der Waals surface area contributed by atoms with Crippen molar-refractivity contribution in [1.82, 2.24) is 5.32 Å². The van der Waals surface area contributed by atoms with Crippen LogP contribution in [-0.4, -0.2) is 13.0 Å². The molecule has 1 aromatic carbocycles. The molecule has 1 atom stereocenters. The fourth-order valence-corrected chi connectivity index (χ4v) is 3.41. The number of carbonyl (C=O) groups is 1. The van der Waals surface area contributed by atoms with Crippen LogP contribution < -0.4 is 5.32 Å². The highest BCUT2D eigenvalue weighted by atomic mass is 16.1. The van der Waals surface area contributed by atoms with Crippen LogP contribution in [0.4, 0.5) is 0 Å². The van der Waals surface area contributed by atoms with E-state index in [9.17, 15) is 4.79 Å². The average Bonchev–Trinajstić information content (AvgIpc) is 2.92. The average molecular weight is 299 g/mol. The molecule has 0 radical (unpaired) electrons. The fraction of sp³-hybridized carbons (Fsp3) is 0.550. The van der Waals surface area contributed by atoms with Gasteiger partial charge in [-0.3, -0.25) is 4.79 Å². The standard InChI is InChI=1S/C20H29NO/c1-4-16-5-10-20-18(8-9-19(20)13-16)7-6-17(15(2)3)11-12-21-14-22/h5,8,10,13-15,17H,4,6-7,9,11-12H2,1-3H3,(H,21,22). The van der Waals surface area contributed by atoms with E-state index in [1.807, 2.05) is 0 Å². The van der Waals surface area contributed by atoms with Crippen molar-refractivity contribution in [2.24, 2.45) is 11.8 Å². The van der Waals surface area contributed by atoms with Gasteiger partial charge < -0.3 is 5.32 Å². The molecule has 0 fully saturated rings. The van der Waals surface area contributed by atoms with Crippen molar-refractivity contribution in [3.8, 4) is 0 Å². The summed E-state index contributed by atoms with van der Waals surface area (Å²) in [6.45, 7) is 7.58. The molecule has 2 heteroatoms. The van der Waals surface area contributed by atoms with Crippen molar-refractivity contribution in [2.45, 2.75) is 52.9 Å². The summed E-state index contributed by atoms with van der Waals surface area (Å²) in [6.07, 6.45) is 8.86. The Bertz CT molecular complexity index is 531. The van der Waals surface area contributed by atoms with Gasteiger partial charge >= 0.3 is 0 Å². The van der Waals surface area contributed by atoms with Crippen LogP contribution in [0.5, 0.6) is 0 Å². The largest absolute Gasteiger partial charge is 0.359 e. The topological polar surface area (TPSA) is 29.1 Å². The Kier molecular flexibility index (Phi) is 6.23. The lowest BCUT2D eigenvalue weighted by atomic mass is 9.86. The zero-order valence-corrected chi connectivity index (χ0v) is 14.2. The molecular weight excluding hydrogens is 270 g/mol. The lowest BCUT2D eigenvalue weighted by Gasteiger charge is -2.21. The molecule has 1 aliphatic carbocycles. The van der Waals surface area contributed by atoms with Gasteiger partial charge in [-0.15, -0.1) is 0 Å². The molecule has 0 bridgehead atoms. The molecule has 2 nitrogen and oxygen atoms in total. The summed E-state index contributed by atoms with van der Waals surface area (Å²) in [4.78, 5) is 10.4. The molecule has 0 saturated carbocycles. The fourth-order valence-electron chi connectivity index (χ4n) is 3.41. The summed E-state index contributed by atoms with van der Waals surface area (Å²) in [7, 11) is 0. The van der Waals surface area contributed by atoms with Gasteiger partial charge in [0.2, 0.25) is 6.41 Å². The van der Waals surface area contributed by atoms with Crippen LogP contribution in [0.2, 0.25) is 0 Å². The second kappa shape index (κ2) is 8.17. The zero-order chi connectivity index (χ0) is 15.9. The lowest BCUT2D eigenvalue weighted by molar-refractivity contribution is -0.109. The highest BCUT2D eigenvalue weighted by Gasteiger charge is 2.18. The van der Waals surface area contributed by atoms with Crippen LogP contribution in [0.15, 0.2) is 24.3 Å². The van der Waals surface area contributed by atoms with E-state index in [1.54, 1.807) is 0 Å². The summed E-state index contributed by atoms with van der Waals surface area (Å²) in [5.41, 5.74) is 5.92. The summed E-state index contributed by atoms with van der Waals surface area (Å²) in [6, 6.07) is 6.95. The van der Waals surface area contributed by atoms with E-state index in [2.05, 4.69) is 50.4 Å². The molecule has 1 aromatic rings. The van der Waals surface area contributed by atoms with Gasteiger partial charge in [0.15, 0.2) is 0 Å². The maximum absolute atomic E-state index is 10.4. The molecule has 0 saturated heterocycles. The Labute approximate surface area is 135 Å². The molecule has 1 unspecified atom stereocenters. The van der Waals surface area contributed by atoms with Crippen molar-refractivity contribution < 1.29 is 4.79 Å². The molecule has 1 N–H and O–H groups in total. The van der Waals surface area contributed by atoms with Crippen molar-refractivity contribution in [1.29, 1.82) is 0 Å². The third-order valence-electron chi connectivity index (χ3n) is 4.96. The SMILES string of the molecule is CCc1ccc2c(c1)CC=C2CCC(CCNC=O)C(C)C. The van der Waals surface area contributed by atoms with E-state index in [-0.39, 0.29) is 0 Å². The quantitative estimate of drug-likeness (QED) is 0.532. The first-order valence-corrected chi connectivity index (χ1v) is 8.64. The minimum absolute atomic E-state index is 0.664. The number of benzene rings is 1. The second-order valence-corrected chi connectivity index (χ2v) is 6.68. The first-order valence-electron chi connectivity index (χ1n) is 8.64. The number of nitrogens with one attached hydrogen (secondary N) is 1. The van der Waals surface area contributed by atoms with Crippen LogP contribution >= 0.6 is 0 Å². The van der Waals surface area contributed by atoms with Crippen molar-refractivity contribution >= 4 is 12.0 Å². The number of rotatable bonds is 9. The minimum Gasteiger partial charge on any atom is -0.359 e. The van der Waals surface area contributed by atoms with Crippen molar-refractivity contribution in [3.05, 3.63) is 41.0 Å². The van der Waals surface area contributed by atoms with Gasteiger partial charge in [0, 0.05) is 6.54 Å². The predicted octanol–water partition coefficient (Wildman–Crippen LogP) is 4.38. The number of hydrogen-bond donors (Lipinski definition) is 1. The molecule has 1 aliphatic rings. The van der Waals surface area contributed by atoms with Crippen LogP contribution in [-0.2, 0) is 17.6 Å². The Morgan fingerprint density at radius 1 is 1.27 bits per heavy atom. The van der Waals surface area contributed by atoms with Crippen LogP contribution in [0.25, 0.3) is 5.57 Å². The molecule has 2 rings (SSSR count). The van der Waals surface area contributed by atoms with Gasteiger partial charge in [-0.1, -0.05) is 45.0 Å². The maximum atomic E-state index is 10.4. The summed E-state index contributed by atoms with van der Waals surface area (Å²) < 4.78 is 0. The Morgan fingerprint density at radius 3 is 2.77 bits per heavy atom. The van der Waals surface area contributed by atoms with Gasteiger partial charge in [-0.25, -0.2) is 0 Å². The number of amides is 1. The highest BCUT2D eigenvalue weighted by Crippen LogP contribution is 2.34. The van der Waals surface area contributed by atoms with Crippen molar-refractivity contribution in [2.75, 3.05) is 6.54 Å². The highest BCUT2D eigenvalue weighted by molar-refractivity contribution is 5.73. The Hall–Kier alpha value is -1.57. The summed E-state index contributed by atoms with van der Waals surface area (Å²) in [5, 5.41) is 2.79. The zero-order valence-electron chi connectivity index (χ0n) is 14.2. The number of fused-ring (bicyclic) bond motifs is 1. The smallest absolute Gasteiger partial charge is 0.207 e. The van der Waals surface area contributed by atoms with Gasteiger partial charge in [-0.2, -0.15) is 0 Å². The van der Waals surface area contributed by atoms with E-state index in [1.165, 1.54) is 28.7 Å². The molecule has 120 valence electrons. The van der Waals surface area contributed by atoms with Crippen LogP contribution in [0, 0.1) is 11.8 Å². The number of hydrogen-bond acceptors (Lipinski definition) is 1. The van der Waals surface area contributed by atoms with E-state index in [0.717, 1.165) is 38.6 Å². The molecule has 0 heterocycles. The number of allylic oxidation sites excluding steroid dienone is 2. The third-order valence-corrected chi connectivity index (χ3v) is 4.96. The number of aryl methyl sites for hydroxylation is 1.